The zero-order valence-corrected chi connectivity index (χ0v) is 14.6. The summed E-state index contributed by atoms with van der Waals surface area (Å²) in [6, 6.07) is 7.14. The number of piperidine rings is 1. The van der Waals surface area contributed by atoms with Crippen LogP contribution in [0.3, 0.4) is 0 Å². The van der Waals surface area contributed by atoms with Gasteiger partial charge in [-0.25, -0.2) is 0 Å². The van der Waals surface area contributed by atoms with Crippen LogP contribution < -0.4 is 10.2 Å². The molecule has 1 heterocycles. The SMILES string of the molecule is CC(C)CNCc1ccc(N2CCCC(C)C2C)cc1Cl. The first kappa shape index (κ1) is 16.6. The van der Waals surface area contributed by atoms with Gasteiger partial charge >= 0.3 is 0 Å². The number of rotatable bonds is 5. The molecule has 1 N–H and O–H groups in total. The van der Waals surface area contributed by atoms with E-state index < -0.39 is 0 Å². The van der Waals surface area contributed by atoms with Gasteiger partial charge in [-0.15, -0.1) is 0 Å². The molecule has 1 saturated heterocycles. The van der Waals surface area contributed by atoms with Gasteiger partial charge in [0.2, 0.25) is 0 Å². The Labute approximate surface area is 134 Å². The van der Waals surface area contributed by atoms with E-state index in [1.165, 1.54) is 24.1 Å². The molecule has 0 radical (unpaired) electrons. The van der Waals surface area contributed by atoms with Crippen molar-refractivity contribution in [2.45, 2.75) is 53.1 Å². The van der Waals surface area contributed by atoms with Crippen molar-refractivity contribution < 1.29 is 0 Å². The van der Waals surface area contributed by atoms with Crippen LogP contribution in [0.25, 0.3) is 0 Å². The fourth-order valence-corrected chi connectivity index (χ4v) is 3.30. The lowest BCUT2D eigenvalue weighted by Gasteiger charge is -2.39. The second-order valence-corrected chi connectivity index (χ2v) is 7.26. The van der Waals surface area contributed by atoms with E-state index in [2.05, 4.69) is 56.1 Å². The van der Waals surface area contributed by atoms with Crippen LogP contribution in [0.2, 0.25) is 5.02 Å². The van der Waals surface area contributed by atoms with Crippen molar-refractivity contribution in [3.63, 3.8) is 0 Å². The summed E-state index contributed by atoms with van der Waals surface area (Å²) in [7, 11) is 0. The average molecular weight is 309 g/mol. The smallest absolute Gasteiger partial charge is 0.0471 e. The van der Waals surface area contributed by atoms with Gasteiger partial charge in [0, 0.05) is 29.8 Å². The summed E-state index contributed by atoms with van der Waals surface area (Å²) < 4.78 is 0. The number of anilines is 1. The fraction of sp³-hybridized carbons (Fsp3) is 0.667. The Hall–Kier alpha value is -0.730. The highest BCUT2D eigenvalue weighted by molar-refractivity contribution is 6.31. The minimum absolute atomic E-state index is 0.597. The maximum atomic E-state index is 6.48. The summed E-state index contributed by atoms with van der Waals surface area (Å²) >= 11 is 6.48. The third-order valence-corrected chi connectivity index (χ3v) is 4.96. The predicted octanol–water partition coefficient (Wildman–Crippen LogP) is 4.71. The molecule has 0 aromatic heterocycles. The number of hydrogen-bond acceptors (Lipinski definition) is 2. The number of nitrogens with zero attached hydrogens (tertiary/aromatic N) is 1. The van der Waals surface area contributed by atoms with Crippen molar-refractivity contribution in [3.05, 3.63) is 28.8 Å². The van der Waals surface area contributed by atoms with Crippen molar-refractivity contribution in [3.8, 4) is 0 Å². The van der Waals surface area contributed by atoms with Crippen molar-refractivity contribution >= 4 is 17.3 Å². The maximum Gasteiger partial charge on any atom is 0.0471 e. The quantitative estimate of drug-likeness (QED) is 0.847. The van der Waals surface area contributed by atoms with E-state index in [1.807, 2.05) is 0 Å². The minimum Gasteiger partial charge on any atom is -0.369 e. The highest BCUT2D eigenvalue weighted by Gasteiger charge is 2.25. The number of hydrogen-bond donors (Lipinski definition) is 1. The second kappa shape index (κ2) is 7.51. The van der Waals surface area contributed by atoms with E-state index in [0.29, 0.717) is 12.0 Å². The highest BCUT2D eigenvalue weighted by atomic mass is 35.5. The Morgan fingerprint density at radius 2 is 2.10 bits per heavy atom. The molecule has 2 atom stereocenters. The Morgan fingerprint density at radius 3 is 2.76 bits per heavy atom. The average Bonchev–Trinajstić information content (AvgIpc) is 2.43. The van der Waals surface area contributed by atoms with E-state index in [0.717, 1.165) is 30.6 Å². The normalized spacial score (nSPS) is 22.9. The Morgan fingerprint density at radius 1 is 1.33 bits per heavy atom. The van der Waals surface area contributed by atoms with Gasteiger partial charge in [0.05, 0.1) is 0 Å². The van der Waals surface area contributed by atoms with Gasteiger partial charge in [0.25, 0.3) is 0 Å². The lowest BCUT2D eigenvalue weighted by atomic mass is 9.91. The standard InChI is InChI=1S/C18H29ClN2/c1-13(2)11-20-12-16-7-8-17(10-18(16)19)21-9-5-6-14(3)15(21)4/h7-8,10,13-15,20H,5-6,9,11-12H2,1-4H3. The van der Waals surface area contributed by atoms with Crippen LogP contribution in [0.4, 0.5) is 5.69 Å². The van der Waals surface area contributed by atoms with Crippen molar-refractivity contribution in [1.29, 1.82) is 0 Å². The van der Waals surface area contributed by atoms with E-state index in [4.69, 9.17) is 11.6 Å². The molecule has 1 aliphatic heterocycles. The van der Waals surface area contributed by atoms with E-state index in [9.17, 15) is 0 Å². The maximum absolute atomic E-state index is 6.48. The summed E-state index contributed by atoms with van der Waals surface area (Å²) in [5, 5.41) is 4.34. The molecule has 0 bridgehead atoms. The summed E-state index contributed by atoms with van der Waals surface area (Å²) in [6.45, 7) is 12.1. The molecular weight excluding hydrogens is 280 g/mol. The summed E-state index contributed by atoms with van der Waals surface area (Å²) in [4.78, 5) is 2.51. The Bertz CT molecular complexity index is 459. The fourth-order valence-electron chi connectivity index (χ4n) is 3.05. The Balaban J connectivity index is 2.04. The van der Waals surface area contributed by atoms with Crippen LogP contribution >= 0.6 is 11.6 Å². The van der Waals surface area contributed by atoms with Crippen molar-refractivity contribution in [2.24, 2.45) is 11.8 Å². The molecule has 1 aromatic rings. The van der Waals surface area contributed by atoms with Crippen LogP contribution in [0.15, 0.2) is 18.2 Å². The van der Waals surface area contributed by atoms with Gasteiger partial charge in [-0.2, -0.15) is 0 Å². The first-order valence-electron chi connectivity index (χ1n) is 8.24. The van der Waals surface area contributed by atoms with Crippen LogP contribution in [-0.2, 0) is 6.54 Å². The lowest BCUT2D eigenvalue weighted by Crippen LogP contribution is -2.42. The van der Waals surface area contributed by atoms with E-state index in [1.54, 1.807) is 0 Å². The van der Waals surface area contributed by atoms with Crippen LogP contribution in [0.5, 0.6) is 0 Å². The Kier molecular flexibility index (Phi) is 5.95. The molecule has 2 rings (SSSR count). The van der Waals surface area contributed by atoms with Crippen LogP contribution in [0.1, 0.15) is 46.1 Å². The minimum atomic E-state index is 0.597. The third-order valence-electron chi connectivity index (χ3n) is 4.61. The summed E-state index contributed by atoms with van der Waals surface area (Å²) in [5.74, 6) is 1.42. The van der Waals surface area contributed by atoms with Crippen molar-refractivity contribution in [1.82, 2.24) is 5.32 Å². The van der Waals surface area contributed by atoms with Gasteiger partial charge < -0.3 is 10.2 Å². The number of halogens is 1. The molecule has 3 heteroatoms. The molecular formula is C18H29ClN2. The molecule has 0 saturated carbocycles. The summed E-state index contributed by atoms with van der Waals surface area (Å²) in [6.07, 6.45) is 2.61. The monoisotopic (exact) mass is 308 g/mol. The molecule has 1 fully saturated rings. The topological polar surface area (TPSA) is 15.3 Å². The van der Waals surface area contributed by atoms with Crippen molar-refractivity contribution in [2.75, 3.05) is 18.0 Å². The first-order chi connectivity index (χ1) is 9.99. The van der Waals surface area contributed by atoms with Crippen LogP contribution in [-0.4, -0.2) is 19.1 Å². The van der Waals surface area contributed by atoms with Crippen LogP contribution in [0, 0.1) is 11.8 Å². The molecule has 118 valence electrons. The summed E-state index contributed by atoms with van der Waals surface area (Å²) in [5.41, 5.74) is 2.46. The molecule has 2 unspecified atom stereocenters. The largest absolute Gasteiger partial charge is 0.369 e. The molecule has 1 aromatic carbocycles. The van der Waals surface area contributed by atoms with E-state index >= 15 is 0 Å². The zero-order valence-electron chi connectivity index (χ0n) is 13.8. The molecule has 1 aliphatic rings. The number of nitrogens with one attached hydrogen (secondary N) is 1. The van der Waals surface area contributed by atoms with Gasteiger partial charge in [-0.05, 0) is 55.8 Å². The van der Waals surface area contributed by atoms with Gasteiger partial charge in [0.15, 0.2) is 0 Å². The van der Waals surface area contributed by atoms with Gasteiger partial charge in [-0.1, -0.05) is 38.4 Å². The first-order valence-corrected chi connectivity index (χ1v) is 8.62. The van der Waals surface area contributed by atoms with Gasteiger partial charge in [0.1, 0.15) is 0 Å². The lowest BCUT2D eigenvalue weighted by molar-refractivity contribution is 0.363. The molecule has 0 aliphatic carbocycles. The third kappa shape index (κ3) is 4.37. The molecule has 21 heavy (non-hydrogen) atoms. The second-order valence-electron chi connectivity index (χ2n) is 6.85. The zero-order chi connectivity index (χ0) is 15.4. The number of benzene rings is 1. The molecule has 0 amide bonds. The highest BCUT2D eigenvalue weighted by Crippen LogP contribution is 2.31. The van der Waals surface area contributed by atoms with Gasteiger partial charge in [-0.3, -0.25) is 0 Å². The van der Waals surface area contributed by atoms with E-state index in [-0.39, 0.29) is 0 Å². The predicted molar refractivity (Wildman–Crippen MR) is 93.2 cm³/mol. The molecule has 2 nitrogen and oxygen atoms in total. The molecule has 0 spiro atoms.